The number of nitrogens with zero attached hydrogens (tertiary/aromatic N) is 2. The van der Waals surface area contributed by atoms with Crippen molar-refractivity contribution in [2.45, 2.75) is 49.6 Å². The van der Waals surface area contributed by atoms with Gasteiger partial charge in [-0.2, -0.15) is 0 Å². The molecule has 0 bridgehead atoms. The molecule has 6 heteroatoms. The maximum atomic E-state index is 12.9. The van der Waals surface area contributed by atoms with Crippen LogP contribution in [-0.2, 0) is 25.8 Å². The first kappa shape index (κ1) is 18.7. The Labute approximate surface area is 168 Å². The molecule has 1 atom stereocenters. The molecule has 1 unspecified atom stereocenters. The summed E-state index contributed by atoms with van der Waals surface area (Å²) in [5.74, 6) is 0.0739. The average molecular weight is 394 g/mol. The summed E-state index contributed by atoms with van der Waals surface area (Å²) < 4.78 is 1.62. The number of aryl methyl sites for hydroxylation is 3. The van der Waals surface area contributed by atoms with Crippen LogP contribution in [0.15, 0.2) is 58.5 Å². The van der Waals surface area contributed by atoms with E-state index in [0.717, 1.165) is 36.8 Å². The average Bonchev–Trinajstić information content (AvgIpc) is 3.32. The van der Waals surface area contributed by atoms with Crippen LogP contribution in [0.2, 0.25) is 0 Å². The number of nitrogens with one attached hydrogen (secondary N) is 1. The van der Waals surface area contributed by atoms with Gasteiger partial charge < -0.3 is 0 Å². The molecule has 0 saturated heterocycles. The molecule has 28 heavy (non-hydrogen) atoms. The van der Waals surface area contributed by atoms with E-state index >= 15 is 0 Å². The van der Waals surface area contributed by atoms with Crippen LogP contribution < -0.4 is 5.69 Å². The van der Waals surface area contributed by atoms with Crippen molar-refractivity contribution >= 4 is 17.5 Å². The van der Waals surface area contributed by atoms with Gasteiger partial charge in [-0.3, -0.25) is 9.36 Å². The Bertz CT molecular complexity index is 1040. The Morgan fingerprint density at radius 2 is 1.96 bits per heavy atom. The number of fused-ring (bicyclic) bond motifs is 1. The standard InChI is InChI=1S/C22H23N3O2S/c1-15(20(26)19-11-10-17-8-5-9-18(17)14-19)28-22-24-23-21(27)25(22)13-12-16-6-3-2-4-7-16/h2-4,6-7,10-11,14-15H,5,8-9,12-13H2,1H3,(H,23,27). The van der Waals surface area contributed by atoms with Crippen LogP contribution >= 0.6 is 11.8 Å². The number of hydrogen-bond donors (Lipinski definition) is 1. The highest BCUT2D eigenvalue weighted by Crippen LogP contribution is 2.27. The highest BCUT2D eigenvalue weighted by atomic mass is 32.2. The maximum Gasteiger partial charge on any atom is 0.343 e. The van der Waals surface area contributed by atoms with Crippen molar-refractivity contribution in [1.29, 1.82) is 0 Å². The van der Waals surface area contributed by atoms with Crippen LogP contribution in [0.4, 0.5) is 0 Å². The van der Waals surface area contributed by atoms with E-state index < -0.39 is 0 Å². The van der Waals surface area contributed by atoms with Crippen LogP contribution in [0.1, 0.15) is 40.4 Å². The van der Waals surface area contributed by atoms with Crippen LogP contribution in [0.5, 0.6) is 0 Å². The summed E-state index contributed by atoms with van der Waals surface area (Å²) in [6.45, 7) is 2.41. The van der Waals surface area contributed by atoms with Gasteiger partial charge in [0.2, 0.25) is 0 Å². The Morgan fingerprint density at radius 1 is 1.18 bits per heavy atom. The molecule has 144 valence electrons. The van der Waals surface area contributed by atoms with Gasteiger partial charge in [0.25, 0.3) is 0 Å². The van der Waals surface area contributed by atoms with Crippen LogP contribution in [0, 0.1) is 0 Å². The monoisotopic (exact) mass is 393 g/mol. The molecule has 0 fully saturated rings. The molecule has 1 aliphatic carbocycles. The first-order valence-electron chi connectivity index (χ1n) is 9.63. The Kier molecular flexibility index (Phi) is 5.48. The summed E-state index contributed by atoms with van der Waals surface area (Å²) in [6.07, 6.45) is 4.06. The van der Waals surface area contributed by atoms with Crippen molar-refractivity contribution in [3.63, 3.8) is 0 Å². The second-order valence-electron chi connectivity index (χ2n) is 7.16. The van der Waals surface area contributed by atoms with Gasteiger partial charge in [0.1, 0.15) is 0 Å². The second-order valence-corrected chi connectivity index (χ2v) is 8.47. The SMILES string of the molecule is CC(Sc1n[nH]c(=O)n1CCc1ccccc1)C(=O)c1ccc2c(c1)CCC2. The minimum absolute atomic E-state index is 0.0739. The molecule has 4 rings (SSSR count). The van der Waals surface area contributed by atoms with E-state index in [2.05, 4.69) is 16.3 Å². The van der Waals surface area contributed by atoms with Crippen molar-refractivity contribution in [2.75, 3.05) is 0 Å². The fourth-order valence-electron chi connectivity index (χ4n) is 3.65. The lowest BCUT2D eigenvalue weighted by atomic mass is 10.0. The molecule has 0 radical (unpaired) electrons. The van der Waals surface area contributed by atoms with E-state index in [4.69, 9.17) is 0 Å². The zero-order valence-electron chi connectivity index (χ0n) is 15.9. The molecular formula is C22H23N3O2S. The van der Waals surface area contributed by atoms with Gasteiger partial charge >= 0.3 is 5.69 Å². The number of rotatable bonds is 7. The van der Waals surface area contributed by atoms with Crippen molar-refractivity contribution < 1.29 is 4.79 Å². The number of carbonyl (C=O) groups is 1. The van der Waals surface area contributed by atoms with E-state index in [1.54, 1.807) is 4.57 Å². The fourth-order valence-corrected chi connectivity index (χ4v) is 4.61. The molecule has 0 amide bonds. The number of aromatic amines is 1. The van der Waals surface area contributed by atoms with E-state index in [-0.39, 0.29) is 16.7 Å². The van der Waals surface area contributed by atoms with Gasteiger partial charge in [0.05, 0.1) is 5.25 Å². The van der Waals surface area contributed by atoms with Gasteiger partial charge in [-0.15, -0.1) is 5.10 Å². The zero-order valence-corrected chi connectivity index (χ0v) is 16.7. The lowest BCUT2D eigenvalue weighted by molar-refractivity contribution is 0.0993. The highest BCUT2D eigenvalue weighted by molar-refractivity contribution is 8.00. The fraction of sp³-hybridized carbons (Fsp3) is 0.318. The maximum absolute atomic E-state index is 12.9. The third-order valence-corrected chi connectivity index (χ3v) is 6.31. The number of benzene rings is 2. The normalized spacial score (nSPS) is 14.0. The van der Waals surface area contributed by atoms with E-state index in [9.17, 15) is 9.59 Å². The predicted octanol–water partition coefficient (Wildman–Crippen LogP) is 3.67. The summed E-state index contributed by atoms with van der Waals surface area (Å²) in [4.78, 5) is 25.1. The number of ketones is 1. The summed E-state index contributed by atoms with van der Waals surface area (Å²) in [7, 11) is 0. The minimum atomic E-state index is -0.315. The summed E-state index contributed by atoms with van der Waals surface area (Å²) >= 11 is 1.33. The first-order valence-corrected chi connectivity index (χ1v) is 10.5. The number of hydrogen-bond acceptors (Lipinski definition) is 4. The molecule has 1 aliphatic rings. The van der Waals surface area contributed by atoms with Crippen molar-refractivity contribution in [3.8, 4) is 0 Å². The number of carbonyl (C=O) groups excluding carboxylic acids is 1. The number of thioether (sulfide) groups is 1. The molecular weight excluding hydrogens is 370 g/mol. The van der Waals surface area contributed by atoms with Crippen LogP contribution in [0.3, 0.4) is 0 Å². The first-order chi connectivity index (χ1) is 13.6. The molecule has 1 aromatic heterocycles. The van der Waals surface area contributed by atoms with Crippen LogP contribution in [-0.4, -0.2) is 25.8 Å². The van der Waals surface area contributed by atoms with E-state index in [0.29, 0.717) is 11.7 Å². The lowest BCUT2D eigenvalue weighted by Gasteiger charge is -2.12. The topological polar surface area (TPSA) is 67.8 Å². The lowest BCUT2D eigenvalue weighted by Crippen LogP contribution is -2.20. The molecule has 1 heterocycles. The minimum Gasteiger partial charge on any atom is -0.293 e. The third-order valence-electron chi connectivity index (χ3n) is 5.22. The summed E-state index contributed by atoms with van der Waals surface area (Å²) in [5.41, 5.74) is 4.32. The Balaban J connectivity index is 1.46. The number of Topliss-reactive ketones (excluding diaryl/α,β-unsaturated/α-hetero) is 1. The van der Waals surface area contributed by atoms with Crippen LogP contribution in [0.25, 0.3) is 0 Å². The van der Waals surface area contributed by atoms with Crippen molar-refractivity contribution in [1.82, 2.24) is 14.8 Å². The third kappa shape index (κ3) is 3.97. The molecule has 0 saturated carbocycles. The molecule has 1 N–H and O–H groups in total. The van der Waals surface area contributed by atoms with E-state index in [1.165, 1.54) is 22.9 Å². The van der Waals surface area contributed by atoms with Gasteiger partial charge in [-0.1, -0.05) is 54.2 Å². The van der Waals surface area contributed by atoms with Gasteiger partial charge in [-0.05, 0) is 55.4 Å². The van der Waals surface area contributed by atoms with Gasteiger partial charge in [0, 0.05) is 12.1 Å². The predicted molar refractivity (Wildman–Crippen MR) is 111 cm³/mol. The zero-order chi connectivity index (χ0) is 19.5. The largest absolute Gasteiger partial charge is 0.343 e. The van der Waals surface area contributed by atoms with E-state index in [1.807, 2.05) is 49.4 Å². The quantitative estimate of drug-likeness (QED) is 0.491. The molecule has 5 nitrogen and oxygen atoms in total. The smallest absolute Gasteiger partial charge is 0.293 e. The molecule has 3 aromatic rings. The van der Waals surface area contributed by atoms with Crippen molar-refractivity contribution in [2.24, 2.45) is 0 Å². The van der Waals surface area contributed by atoms with Gasteiger partial charge in [0.15, 0.2) is 10.9 Å². The number of aromatic nitrogens is 3. The summed E-state index contributed by atoms with van der Waals surface area (Å²) in [5, 5.41) is 6.90. The highest BCUT2D eigenvalue weighted by Gasteiger charge is 2.22. The molecule has 0 aliphatic heterocycles. The Hall–Kier alpha value is -2.60. The molecule has 2 aromatic carbocycles. The summed E-state index contributed by atoms with van der Waals surface area (Å²) in [6, 6.07) is 16.1. The molecule has 0 spiro atoms. The van der Waals surface area contributed by atoms with Gasteiger partial charge in [-0.25, -0.2) is 9.89 Å². The Morgan fingerprint density at radius 3 is 2.79 bits per heavy atom. The second kappa shape index (κ2) is 8.19. The number of H-pyrrole nitrogens is 1. The van der Waals surface area contributed by atoms with Crippen molar-refractivity contribution in [3.05, 3.63) is 81.3 Å².